The van der Waals surface area contributed by atoms with E-state index in [2.05, 4.69) is 30.7 Å². The van der Waals surface area contributed by atoms with Crippen LogP contribution in [0, 0.1) is 0 Å². The van der Waals surface area contributed by atoms with Gasteiger partial charge in [-0.05, 0) is 6.07 Å². The summed E-state index contributed by atoms with van der Waals surface area (Å²) in [6.45, 7) is 6.91. The first kappa shape index (κ1) is 11.1. The lowest BCUT2D eigenvalue weighted by Gasteiger charge is -2.17. The quantitative estimate of drug-likeness (QED) is 0.571. The van der Waals surface area contributed by atoms with Gasteiger partial charge in [0.25, 0.3) is 0 Å². The Morgan fingerprint density at radius 1 is 1.19 bits per heavy atom. The largest absolute Gasteiger partial charge is 0.464 e. The van der Waals surface area contributed by atoms with Gasteiger partial charge in [0.1, 0.15) is 19.9 Å². The summed E-state index contributed by atoms with van der Waals surface area (Å²) in [5, 5.41) is 2.39. The third-order valence-electron chi connectivity index (χ3n) is 2.67. The Morgan fingerprint density at radius 2 is 1.88 bits per heavy atom. The average Bonchev–Trinajstić information content (AvgIpc) is 2.61. The third-order valence-corrected chi connectivity index (χ3v) is 4.58. The number of hydrogen-bond acceptors (Lipinski definition) is 2. The molecule has 16 heavy (non-hydrogen) atoms. The summed E-state index contributed by atoms with van der Waals surface area (Å²) in [6, 6.07) is 8.13. The van der Waals surface area contributed by atoms with Gasteiger partial charge in [0.2, 0.25) is 0 Å². The molecule has 0 atom stereocenters. The molecule has 84 valence electrons. The van der Waals surface area contributed by atoms with Gasteiger partial charge in [-0.1, -0.05) is 37.8 Å². The van der Waals surface area contributed by atoms with Crippen molar-refractivity contribution in [3.63, 3.8) is 0 Å². The number of furan rings is 1. The molecule has 0 bridgehead atoms. The first-order valence-electron chi connectivity index (χ1n) is 5.48. The van der Waals surface area contributed by atoms with Crippen LogP contribution in [0.5, 0.6) is 0 Å². The summed E-state index contributed by atoms with van der Waals surface area (Å²) in [5.41, 5.74) is 2.11. The summed E-state index contributed by atoms with van der Waals surface area (Å²) in [4.78, 5) is 4.47. The van der Waals surface area contributed by atoms with Crippen molar-refractivity contribution in [2.24, 2.45) is 4.99 Å². The van der Waals surface area contributed by atoms with Gasteiger partial charge in [-0.25, -0.2) is 0 Å². The third kappa shape index (κ3) is 1.83. The van der Waals surface area contributed by atoms with Crippen LogP contribution < -0.4 is 0 Å². The lowest BCUT2D eigenvalue weighted by atomic mass is 10.2. The van der Waals surface area contributed by atoms with Crippen molar-refractivity contribution in [2.45, 2.75) is 19.6 Å². The van der Waals surface area contributed by atoms with Crippen molar-refractivity contribution in [1.82, 2.24) is 0 Å². The van der Waals surface area contributed by atoms with E-state index in [1.807, 2.05) is 31.5 Å². The van der Waals surface area contributed by atoms with Gasteiger partial charge in [-0.15, -0.1) is 0 Å². The molecule has 0 radical (unpaired) electrons. The molecule has 1 aromatic heterocycles. The Balaban J connectivity index is 2.64. The van der Waals surface area contributed by atoms with Gasteiger partial charge < -0.3 is 4.42 Å². The maximum absolute atomic E-state index is 5.57. The predicted molar refractivity (Wildman–Crippen MR) is 72.0 cm³/mol. The number of aliphatic imine (C=N–C) groups is 1. The van der Waals surface area contributed by atoms with Crippen molar-refractivity contribution < 1.29 is 4.42 Å². The van der Waals surface area contributed by atoms with Crippen LogP contribution >= 0.6 is 0 Å². The first-order chi connectivity index (χ1) is 7.54. The van der Waals surface area contributed by atoms with E-state index in [1.54, 1.807) is 0 Å². The summed E-state index contributed by atoms with van der Waals surface area (Å²) >= 11 is 0. The summed E-state index contributed by atoms with van der Waals surface area (Å²) in [5.74, 6) is 0. The molecule has 1 aromatic carbocycles. The topological polar surface area (TPSA) is 25.5 Å². The van der Waals surface area contributed by atoms with Gasteiger partial charge >= 0.3 is 0 Å². The maximum atomic E-state index is 5.57. The van der Waals surface area contributed by atoms with E-state index in [0.29, 0.717) is 0 Å². The number of rotatable bonds is 2. The van der Waals surface area contributed by atoms with E-state index in [0.717, 1.165) is 11.1 Å². The molecule has 3 heteroatoms. The van der Waals surface area contributed by atoms with Crippen LogP contribution in [0.3, 0.4) is 0 Å². The number of fused-ring (bicyclic) bond motifs is 1. The van der Waals surface area contributed by atoms with Crippen LogP contribution in [-0.4, -0.2) is 20.5 Å². The average molecular weight is 231 g/mol. The van der Waals surface area contributed by atoms with Crippen molar-refractivity contribution in [1.29, 1.82) is 0 Å². The fourth-order valence-corrected chi connectivity index (χ4v) is 3.69. The number of nitrogens with zero attached hydrogens (tertiary/aromatic N) is 1. The van der Waals surface area contributed by atoms with Gasteiger partial charge in [0.05, 0.1) is 0 Å². The molecule has 0 saturated heterocycles. The molecule has 0 aliphatic heterocycles. The molecule has 0 aliphatic carbocycles. The summed E-state index contributed by atoms with van der Waals surface area (Å²) in [6.07, 6.45) is 1.84. The summed E-state index contributed by atoms with van der Waals surface area (Å²) < 4.78 is 5.57. The number of para-hydroxylation sites is 1. The number of benzene rings is 1. The minimum absolute atomic E-state index is 0.942. The standard InChI is InChI=1S/C13H17NOSi/c1-14-13(16(2,3)4)11-9-15-12-8-6-5-7-10(11)12/h5-9H,1-4H3/b14-13+. The zero-order valence-corrected chi connectivity index (χ0v) is 11.2. The van der Waals surface area contributed by atoms with E-state index in [4.69, 9.17) is 4.42 Å². The first-order valence-corrected chi connectivity index (χ1v) is 8.98. The molecule has 0 saturated carbocycles. The highest BCUT2D eigenvalue weighted by atomic mass is 28.3. The van der Waals surface area contributed by atoms with E-state index in [-0.39, 0.29) is 0 Å². The molecule has 0 aliphatic rings. The monoisotopic (exact) mass is 231 g/mol. The second-order valence-corrected chi connectivity index (χ2v) is 9.94. The zero-order valence-electron chi connectivity index (χ0n) is 10.2. The second-order valence-electron chi connectivity index (χ2n) is 4.97. The lowest BCUT2D eigenvalue weighted by Crippen LogP contribution is -2.34. The fraction of sp³-hybridized carbons (Fsp3) is 0.308. The Hall–Kier alpha value is -1.35. The molecule has 2 nitrogen and oxygen atoms in total. The van der Waals surface area contributed by atoms with E-state index < -0.39 is 8.07 Å². The zero-order chi connectivity index (χ0) is 11.8. The van der Waals surface area contributed by atoms with Crippen molar-refractivity contribution in [3.8, 4) is 0 Å². The molecule has 2 rings (SSSR count). The van der Waals surface area contributed by atoms with Crippen LogP contribution in [0.1, 0.15) is 5.56 Å². The smallest absolute Gasteiger partial charge is 0.134 e. The lowest BCUT2D eigenvalue weighted by molar-refractivity contribution is 0.615. The predicted octanol–water partition coefficient (Wildman–Crippen LogP) is 3.73. The molecule has 0 N–H and O–H groups in total. The minimum atomic E-state index is -1.42. The second kappa shape index (κ2) is 3.90. The Bertz CT molecular complexity index is 534. The molecule has 0 fully saturated rings. The molecule has 0 amide bonds. The molecule has 1 heterocycles. The van der Waals surface area contributed by atoms with Gasteiger partial charge in [0, 0.05) is 23.3 Å². The highest BCUT2D eigenvalue weighted by molar-refractivity contribution is 7.06. The van der Waals surface area contributed by atoms with E-state index >= 15 is 0 Å². The van der Waals surface area contributed by atoms with Crippen molar-refractivity contribution in [3.05, 3.63) is 36.1 Å². The molecule has 0 spiro atoms. The SMILES string of the molecule is C/N=C(\c1coc2ccccc12)[Si](C)(C)C. The van der Waals surface area contributed by atoms with Crippen LogP contribution in [0.15, 0.2) is 39.9 Å². The summed E-state index contributed by atoms with van der Waals surface area (Å²) in [7, 11) is 0.452. The van der Waals surface area contributed by atoms with E-state index in [1.165, 1.54) is 10.7 Å². The fourth-order valence-electron chi connectivity index (χ4n) is 2.02. The van der Waals surface area contributed by atoms with Crippen LogP contribution in [0.4, 0.5) is 0 Å². The van der Waals surface area contributed by atoms with Gasteiger partial charge in [-0.2, -0.15) is 0 Å². The molecule has 0 unspecified atom stereocenters. The van der Waals surface area contributed by atoms with Crippen LogP contribution in [-0.2, 0) is 0 Å². The minimum Gasteiger partial charge on any atom is -0.464 e. The van der Waals surface area contributed by atoms with Gasteiger partial charge in [0.15, 0.2) is 0 Å². The highest BCUT2D eigenvalue weighted by Gasteiger charge is 2.25. The Morgan fingerprint density at radius 3 is 2.50 bits per heavy atom. The van der Waals surface area contributed by atoms with Gasteiger partial charge in [-0.3, -0.25) is 4.99 Å². The van der Waals surface area contributed by atoms with Crippen molar-refractivity contribution >= 4 is 24.4 Å². The normalized spacial score (nSPS) is 13.4. The van der Waals surface area contributed by atoms with Crippen molar-refractivity contribution in [2.75, 3.05) is 7.05 Å². The maximum Gasteiger partial charge on any atom is 0.134 e. The Kier molecular flexibility index (Phi) is 2.72. The highest BCUT2D eigenvalue weighted by Crippen LogP contribution is 2.24. The Labute approximate surface area is 97.0 Å². The molecule has 2 aromatic rings. The van der Waals surface area contributed by atoms with Crippen LogP contribution in [0.25, 0.3) is 11.0 Å². The number of hydrogen-bond donors (Lipinski definition) is 0. The molecular weight excluding hydrogens is 214 g/mol. The van der Waals surface area contributed by atoms with E-state index in [9.17, 15) is 0 Å². The van der Waals surface area contributed by atoms with Crippen LogP contribution in [0.2, 0.25) is 19.6 Å². The molecular formula is C13H17NOSi.